The van der Waals surface area contributed by atoms with Gasteiger partial charge in [-0.05, 0) is 18.2 Å². The molecule has 0 atom stereocenters. The Bertz CT molecular complexity index is 669. The molecule has 8 heteroatoms. The van der Waals surface area contributed by atoms with E-state index in [1.807, 2.05) is 4.90 Å². The number of pyridine rings is 1. The molecule has 1 saturated heterocycles. The van der Waals surface area contributed by atoms with E-state index in [0.717, 1.165) is 32.1 Å². The zero-order valence-electron chi connectivity index (χ0n) is 12.7. The lowest BCUT2D eigenvalue weighted by Crippen LogP contribution is -2.51. The minimum Gasteiger partial charge on any atom is -0.506 e. The summed E-state index contributed by atoms with van der Waals surface area (Å²) in [5.74, 6) is 1.33. The summed E-state index contributed by atoms with van der Waals surface area (Å²) >= 11 is 0. The van der Waals surface area contributed by atoms with Crippen LogP contribution in [0.25, 0.3) is 0 Å². The predicted molar refractivity (Wildman–Crippen MR) is 87.0 cm³/mol. The summed E-state index contributed by atoms with van der Waals surface area (Å²) < 4.78 is 0. The highest BCUT2D eigenvalue weighted by molar-refractivity contribution is 5.78. The molecule has 3 N–H and O–H groups in total. The fraction of sp³-hybridized carbons (Fsp3) is 0.333. The first-order chi connectivity index (χ1) is 11.2. The third-order valence-electron chi connectivity index (χ3n) is 3.70. The normalized spacial score (nSPS) is 15.7. The number of rotatable bonds is 3. The Morgan fingerprint density at radius 2 is 1.78 bits per heavy atom. The molecule has 2 aromatic rings. The van der Waals surface area contributed by atoms with E-state index < -0.39 is 0 Å². The summed E-state index contributed by atoms with van der Waals surface area (Å²) in [6.07, 6.45) is 5.10. The summed E-state index contributed by atoms with van der Waals surface area (Å²) in [6.45, 7) is 3.34. The van der Waals surface area contributed by atoms with Crippen LogP contribution in [0.5, 0.6) is 5.75 Å². The van der Waals surface area contributed by atoms with E-state index in [9.17, 15) is 5.11 Å². The molecule has 0 unspecified atom stereocenters. The molecule has 0 saturated carbocycles. The second-order valence-corrected chi connectivity index (χ2v) is 5.17. The second kappa shape index (κ2) is 6.91. The zero-order chi connectivity index (χ0) is 16.1. The van der Waals surface area contributed by atoms with Gasteiger partial charge in [-0.1, -0.05) is 0 Å². The molecule has 1 aliphatic rings. The SMILES string of the molecule is NC(=NCc1ncccc1O)N1CCN(c2ncccn2)CC1. The lowest BCUT2D eigenvalue weighted by molar-refractivity contribution is 0.378. The molecule has 120 valence electrons. The first-order valence-corrected chi connectivity index (χ1v) is 7.44. The molecule has 3 rings (SSSR count). The van der Waals surface area contributed by atoms with Crippen molar-refractivity contribution in [2.45, 2.75) is 6.54 Å². The number of hydrogen-bond donors (Lipinski definition) is 2. The molecule has 1 fully saturated rings. The third-order valence-corrected chi connectivity index (χ3v) is 3.70. The molecule has 0 aliphatic carbocycles. The Labute approximate surface area is 134 Å². The van der Waals surface area contributed by atoms with Crippen LogP contribution in [-0.4, -0.2) is 57.1 Å². The maximum absolute atomic E-state index is 9.69. The van der Waals surface area contributed by atoms with Crippen molar-refractivity contribution in [2.75, 3.05) is 31.1 Å². The number of aliphatic imine (C=N–C) groups is 1. The Hall–Kier alpha value is -2.90. The highest BCUT2D eigenvalue weighted by atomic mass is 16.3. The van der Waals surface area contributed by atoms with Crippen molar-refractivity contribution < 1.29 is 5.11 Å². The van der Waals surface area contributed by atoms with Gasteiger partial charge in [0.25, 0.3) is 0 Å². The van der Waals surface area contributed by atoms with E-state index in [-0.39, 0.29) is 12.3 Å². The quantitative estimate of drug-likeness (QED) is 0.617. The molecule has 0 aromatic carbocycles. The average Bonchev–Trinajstić information content (AvgIpc) is 2.62. The molecule has 2 aromatic heterocycles. The standard InChI is InChI=1S/C15H19N7O/c16-14(20-11-12-13(23)3-1-4-17-12)21-7-9-22(10-8-21)15-18-5-2-6-19-15/h1-6,23H,7-11H2,(H2,16,20). The van der Waals surface area contributed by atoms with Crippen LogP contribution in [0.15, 0.2) is 41.8 Å². The van der Waals surface area contributed by atoms with Gasteiger partial charge < -0.3 is 20.6 Å². The maximum Gasteiger partial charge on any atom is 0.225 e. The van der Waals surface area contributed by atoms with Gasteiger partial charge in [-0.15, -0.1) is 0 Å². The number of nitrogens with zero attached hydrogens (tertiary/aromatic N) is 6. The Kier molecular flexibility index (Phi) is 4.51. The molecular formula is C15H19N7O. The van der Waals surface area contributed by atoms with Crippen molar-refractivity contribution in [2.24, 2.45) is 10.7 Å². The van der Waals surface area contributed by atoms with Gasteiger partial charge in [0.1, 0.15) is 11.4 Å². The van der Waals surface area contributed by atoms with Crippen molar-refractivity contribution in [1.29, 1.82) is 0 Å². The molecule has 3 heterocycles. The minimum absolute atomic E-state index is 0.134. The van der Waals surface area contributed by atoms with Crippen LogP contribution in [-0.2, 0) is 6.54 Å². The van der Waals surface area contributed by atoms with Crippen LogP contribution < -0.4 is 10.6 Å². The fourth-order valence-corrected chi connectivity index (χ4v) is 2.40. The van der Waals surface area contributed by atoms with Gasteiger partial charge in [0.05, 0.1) is 6.54 Å². The predicted octanol–water partition coefficient (Wildman–Crippen LogP) is 0.214. The highest BCUT2D eigenvalue weighted by Gasteiger charge is 2.19. The smallest absolute Gasteiger partial charge is 0.225 e. The third kappa shape index (κ3) is 3.65. The number of hydrogen-bond acceptors (Lipinski definition) is 6. The lowest BCUT2D eigenvalue weighted by atomic mass is 10.3. The van der Waals surface area contributed by atoms with Gasteiger partial charge in [-0.25, -0.2) is 15.0 Å². The first-order valence-electron chi connectivity index (χ1n) is 7.44. The van der Waals surface area contributed by atoms with E-state index in [1.165, 1.54) is 0 Å². The first kappa shape index (κ1) is 15.0. The largest absolute Gasteiger partial charge is 0.506 e. The summed E-state index contributed by atoms with van der Waals surface area (Å²) in [6, 6.07) is 5.07. The van der Waals surface area contributed by atoms with Crippen LogP contribution in [0, 0.1) is 0 Å². The van der Waals surface area contributed by atoms with Crippen molar-refractivity contribution >= 4 is 11.9 Å². The number of anilines is 1. The maximum atomic E-state index is 9.69. The summed E-state index contributed by atoms with van der Waals surface area (Å²) in [5, 5.41) is 9.69. The Morgan fingerprint density at radius 1 is 1.09 bits per heavy atom. The van der Waals surface area contributed by atoms with Crippen LogP contribution in [0.4, 0.5) is 5.95 Å². The van der Waals surface area contributed by atoms with E-state index in [2.05, 4.69) is 24.8 Å². The summed E-state index contributed by atoms with van der Waals surface area (Å²) in [4.78, 5) is 21.1. The van der Waals surface area contributed by atoms with E-state index in [0.29, 0.717) is 11.7 Å². The molecule has 0 bridgehead atoms. The van der Waals surface area contributed by atoms with Gasteiger partial charge in [-0.2, -0.15) is 0 Å². The molecule has 0 spiro atoms. The molecule has 8 nitrogen and oxygen atoms in total. The average molecular weight is 313 g/mol. The molecule has 1 aliphatic heterocycles. The van der Waals surface area contributed by atoms with Crippen LogP contribution in [0.2, 0.25) is 0 Å². The monoisotopic (exact) mass is 313 g/mol. The molecule has 23 heavy (non-hydrogen) atoms. The van der Waals surface area contributed by atoms with Crippen molar-refractivity contribution in [3.05, 3.63) is 42.5 Å². The van der Waals surface area contributed by atoms with Crippen LogP contribution >= 0.6 is 0 Å². The molecular weight excluding hydrogens is 294 g/mol. The van der Waals surface area contributed by atoms with E-state index in [4.69, 9.17) is 5.73 Å². The van der Waals surface area contributed by atoms with Crippen molar-refractivity contribution in [1.82, 2.24) is 19.9 Å². The number of guanidine groups is 1. The number of piperazine rings is 1. The number of aromatic nitrogens is 3. The number of nitrogens with two attached hydrogens (primary N) is 1. The topological polar surface area (TPSA) is 104 Å². The van der Waals surface area contributed by atoms with Crippen LogP contribution in [0.3, 0.4) is 0 Å². The summed E-state index contributed by atoms with van der Waals surface area (Å²) in [7, 11) is 0. The van der Waals surface area contributed by atoms with E-state index in [1.54, 1.807) is 36.8 Å². The van der Waals surface area contributed by atoms with Crippen molar-refractivity contribution in [3.8, 4) is 5.75 Å². The van der Waals surface area contributed by atoms with Gasteiger partial charge in [0.15, 0.2) is 5.96 Å². The van der Waals surface area contributed by atoms with Gasteiger partial charge in [0, 0.05) is 44.8 Å². The Balaban J connectivity index is 1.57. The molecule has 0 amide bonds. The fourth-order valence-electron chi connectivity index (χ4n) is 2.40. The van der Waals surface area contributed by atoms with Crippen molar-refractivity contribution in [3.63, 3.8) is 0 Å². The highest BCUT2D eigenvalue weighted by Crippen LogP contribution is 2.14. The lowest BCUT2D eigenvalue weighted by Gasteiger charge is -2.35. The van der Waals surface area contributed by atoms with Gasteiger partial charge >= 0.3 is 0 Å². The van der Waals surface area contributed by atoms with Crippen LogP contribution in [0.1, 0.15) is 5.69 Å². The van der Waals surface area contributed by atoms with E-state index >= 15 is 0 Å². The number of aromatic hydroxyl groups is 1. The second-order valence-electron chi connectivity index (χ2n) is 5.17. The van der Waals surface area contributed by atoms with Gasteiger partial charge in [0.2, 0.25) is 5.95 Å². The van der Waals surface area contributed by atoms with Gasteiger partial charge in [-0.3, -0.25) is 4.98 Å². The molecule has 0 radical (unpaired) electrons. The summed E-state index contributed by atoms with van der Waals surface area (Å²) in [5.41, 5.74) is 6.57. The minimum atomic E-state index is 0.134. The zero-order valence-corrected chi connectivity index (χ0v) is 12.7. The Morgan fingerprint density at radius 3 is 2.48 bits per heavy atom.